The molecule has 3 aromatic carbocycles. The monoisotopic (exact) mass is 388 g/mol. The van der Waals surface area contributed by atoms with Crippen LogP contribution in [0.25, 0.3) is 28.7 Å². The first-order valence-electron chi connectivity index (χ1n) is 9.16. The number of aryl methyl sites for hydroxylation is 2. The van der Waals surface area contributed by atoms with E-state index in [4.69, 9.17) is 0 Å². The molecule has 0 bridgehead atoms. The Morgan fingerprint density at radius 2 is 1.69 bits per heavy atom. The number of aromatic nitrogens is 2. The third-order valence-corrected chi connectivity index (χ3v) is 4.76. The van der Waals surface area contributed by atoms with Crippen LogP contribution >= 0.6 is 0 Å². The summed E-state index contributed by atoms with van der Waals surface area (Å²) in [5, 5.41) is 0.512. The predicted octanol–water partition coefficient (Wildman–Crippen LogP) is 5.45. The number of benzene rings is 3. The van der Waals surface area contributed by atoms with Crippen LogP contribution in [0, 0.1) is 25.5 Å². The van der Waals surface area contributed by atoms with Gasteiger partial charge in [-0.1, -0.05) is 42.0 Å². The van der Waals surface area contributed by atoms with Crippen molar-refractivity contribution < 1.29 is 8.78 Å². The molecule has 0 aliphatic heterocycles. The number of hydrogen-bond donors (Lipinski definition) is 0. The number of fused-ring (bicyclic) bond motifs is 1. The van der Waals surface area contributed by atoms with Crippen molar-refractivity contribution in [1.82, 2.24) is 9.55 Å². The number of hydrogen-bond acceptors (Lipinski definition) is 2. The van der Waals surface area contributed by atoms with Crippen molar-refractivity contribution in [3.8, 4) is 5.69 Å². The second-order valence-electron chi connectivity index (χ2n) is 6.92. The molecule has 4 rings (SSSR count). The van der Waals surface area contributed by atoms with Crippen molar-refractivity contribution in [3.63, 3.8) is 0 Å². The largest absolute Gasteiger partial charge is 0.268 e. The molecule has 4 aromatic rings. The molecule has 0 spiro atoms. The highest BCUT2D eigenvalue weighted by atomic mass is 19.2. The van der Waals surface area contributed by atoms with Gasteiger partial charge in [0.05, 0.1) is 16.6 Å². The minimum atomic E-state index is -0.926. The summed E-state index contributed by atoms with van der Waals surface area (Å²) in [6, 6.07) is 16.6. The van der Waals surface area contributed by atoms with Crippen molar-refractivity contribution in [2.45, 2.75) is 13.8 Å². The Kier molecular flexibility index (Phi) is 4.80. The lowest BCUT2D eigenvalue weighted by Gasteiger charge is -2.14. The molecule has 1 aromatic heterocycles. The Morgan fingerprint density at radius 1 is 0.897 bits per heavy atom. The van der Waals surface area contributed by atoms with Gasteiger partial charge < -0.3 is 0 Å². The van der Waals surface area contributed by atoms with Crippen LogP contribution in [0.1, 0.15) is 22.5 Å². The fourth-order valence-corrected chi connectivity index (χ4v) is 3.34. The van der Waals surface area contributed by atoms with Gasteiger partial charge in [-0.25, -0.2) is 13.8 Å². The molecule has 0 saturated carbocycles. The Morgan fingerprint density at radius 3 is 2.45 bits per heavy atom. The molecule has 0 amide bonds. The summed E-state index contributed by atoms with van der Waals surface area (Å²) in [6.45, 7) is 3.93. The summed E-state index contributed by atoms with van der Waals surface area (Å²) in [6.07, 6.45) is 3.25. The molecule has 0 atom stereocenters. The third kappa shape index (κ3) is 3.59. The maximum atomic E-state index is 13.5. The summed E-state index contributed by atoms with van der Waals surface area (Å²) in [7, 11) is 0. The van der Waals surface area contributed by atoms with Crippen molar-refractivity contribution in [2.75, 3.05) is 0 Å². The van der Waals surface area contributed by atoms with Crippen LogP contribution in [0.15, 0.2) is 65.5 Å². The van der Waals surface area contributed by atoms with Gasteiger partial charge in [0.25, 0.3) is 5.56 Å². The highest BCUT2D eigenvalue weighted by Gasteiger charge is 2.13. The van der Waals surface area contributed by atoms with Crippen LogP contribution in [0.5, 0.6) is 0 Å². The van der Waals surface area contributed by atoms with Gasteiger partial charge in [-0.3, -0.25) is 9.36 Å². The van der Waals surface area contributed by atoms with Crippen molar-refractivity contribution in [3.05, 3.63) is 105 Å². The SMILES string of the molecule is Cc1ccc(-n2c(/C=C\c3ccc(F)c(F)c3)nc3ccccc3c2=O)c(C)c1. The van der Waals surface area contributed by atoms with Crippen molar-refractivity contribution in [1.29, 1.82) is 0 Å². The molecule has 0 aliphatic rings. The normalized spacial score (nSPS) is 11.4. The zero-order valence-corrected chi connectivity index (χ0v) is 16.0. The molecule has 29 heavy (non-hydrogen) atoms. The van der Waals surface area contributed by atoms with Crippen LogP contribution < -0.4 is 5.56 Å². The van der Waals surface area contributed by atoms with Crippen molar-refractivity contribution >= 4 is 23.1 Å². The first-order chi connectivity index (χ1) is 13.9. The van der Waals surface area contributed by atoms with Crippen LogP contribution in [0.3, 0.4) is 0 Å². The molecule has 0 unspecified atom stereocenters. The van der Waals surface area contributed by atoms with E-state index in [1.165, 1.54) is 6.07 Å². The van der Waals surface area contributed by atoms with Gasteiger partial charge in [-0.05, 0) is 61.4 Å². The van der Waals surface area contributed by atoms with Crippen LogP contribution in [0.4, 0.5) is 8.78 Å². The highest BCUT2D eigenvalue weighted by molar-refractivity contribution is 5.80. The highest BCUT2D eigenvalue weighted by Crippen LogP contribution is 2.19. The lowest BCUT2D eigenvalue weighted by molar-refractivity contribution is 0.508. The van der Waals surface area contributed by atoms with Crippen LogP contribution in [0.2, 0.25) is 0 Å². The van der Waals surface area contributed by atoms with Crippen molar-refractivity contribution in [2.24, 2.45) is 0 Å². The Bertz CT molecular complexity index is 1320. The average Bonchev–Trinajstić information content (AvgIpc) is 2.70. The number of rotatable bonds is 3. The maximum absolute atomic E-state index is 13.5. The lowest BCUT2D eigenvalue weighted by atomic mass is 10.1. The van der Waals surface area contributed by atoms with E-state index in [2.05, 4.69) is 4.98 Å². The quantitative estimate of drug-likeness (QED) is 0.468. The van der Waals surface area contributed by atoms with Gasteiger partial charge in [0.2, 0.25) is 0 Å². The summed E-state index contributed by atoms with van der Waals surface area (Å²) in [5.41, 5.74) is 3.61. The van der Waals surface area contributed by atoms with E-state index < -0.39 is 11.6 Å². The average molecular weight is 388 g/mol. The third-order valence-electron chi connectivity index (χ3n) is 4.76. The van der Waals surface area contributed by atoms with E-state index in [-0.39, 0.29) is 5.56 Å². The van der Waals surface area contributed by atoms with E-state index in [1.807, 2.05) is 38.1 Å². The van der Waals surface area contributed by atoms with E-state index in [1.54, 1.807) is 34.9 Å². The molecule has 0 N–H and O–H groups in total. The Hall–Kier alpha value is -3.60. The smallest absolute Gasteiger partial charge is 0.266 e. The Labute approximate surface area is 166 Å². The number of para-hydroxylation sites is 1. The van der Waals surface area contributed by atoms with Gasteiger partial charge in [-0.2, -0.15) is 0 Å². The van der Waals surface area contributed by atoms with Gasteiger partial charge in [0.15, 0.2) is 11.6 Å². The standard InChI is InChI=1S/C24H18F2N2O/c1-15-7-11-22(16(2)13-15)28-23(12-9-17-8-10-19(25)20(26)14-17)27-21-6-4-3-5-18(21)24(28)29/h3-14H,1-2H3/b12-9-. The Balaban J connectivity index is 1.95. The van der Waals surface area contributed by atoms with E-state index >= 15 is 0 Å². The first-order valence-corrected chi connectivity index (χ1v) is 9.16. The summed E-state index contributed by atoms with van der Waals surface area (Å²) < 4.78 is 28.3. The van der Waals surface area contributed by atoms with Gasteiger partial charge in [0.1, 0.15) is 5.82 Å². The van der Waals surface area contributed by atoms with Gasteiger partial charge in [-0.15, -0.1) is 0 Å². The molecule has 0 aliphatic carbocycles. The topological polar surface area (TPSA) is 34.9 Å². The van der Waals surface area contributed by atoms with Gasteiger partial charge >= 0.3 is 0 Å². The van der Waals surface area contributed by atoms with E-state index in [0.717, 1.165) is 28.9 Å². The predicted molar refractivity (Wildman–Crippen MR) is 112 cm³/mol. The van der Waals surface area contributed by atoms with E-state index in [9.17, 15) is 13.6 Å². The molecule has 0 fully saturated rings. The minimum Gasteiger partial charge on any atom is -0.268 e. The molecule has 0 radical (unpaired) electrons. The summed E-state index contributed by atoms with van der Waals surface area (Å²) in [4.78, 5) is 17.9. The number of nitrogens with zero attached hydrogens (tertiary/aromatic N) is 2. The molecule has 5 heteroatoms. The second-order valence-corrected chi connectivity index (χ2v) is 6.92. The van der Waals surface area contributed by atoms with E-state index in [0.29, 0.717) is 22.3 Å². The maximum Gasteiger partial charge on any atom is 0.266 e. The fraction of sp³-hybridized carbons (Fsp3) is 0.0833. The molecule has 0 saturated heterocycles. The summed E-state index contributed by atoms with van der Waals surface area (Å²) in [5.74, 6) is -1.42. The zero-order chi connectivity index (χ0) is 20.5. The minimum absolute atomic E-state index is 0.188. The zero-order valence-electron chi connectivity index (χ0n) is 16.0. The van der Waals surface area contributed by atoms with Crippen LogP contribution in [-0.4, -0.2) is 9.55 Å². The van der Waals surface area contributed by atoms with Gasteiger partial charge in [0, 0.05) is 0 Å². The molecule has 1 heterocycles. The molecule has 3 nitrogen and oxygen atoms in total. The fourth-order valence-electron chi connectivity index (χ4n) is 3.34. The first kappa shape index (κ1) is 18.7. The lowest BCUT2D eigenvalue weighted by Crippen LogP contribution is -2.23. The molecular formula is C24H18F2N2O. The summed E-state index contributed by atoms with van der Waals surface area (Å²) >= 11 is 0. The molecular weight excluding hydrogens is 370 g/mol. The van der Waals surface area contributed by atoms with Crippen LogP contribution in [-0.2, 0) is 0 Å². The second kappa shape index (κ2) is 7.43. The number of halogens is 2. The molecule has 144 valence electrons.